The fraction of sp³-hybridized carbons (Fsp3) is 0.125. The highest BCUT2D eigenvalue weighted by atomic mass is 16.5. The Morgan fingerprint density at radius 1 is 1.10 bits per heavy atom. The summed E-state index contributed by atoms with van der Waals surface area (Å²) in [6.07, 6.45) is 8.95. The number of ether oxygens (including phenoxy) is 1. The van der Waals surface area contributed by atoms with E-state index in [1.54, 1.807) is 32.0 Å². The van der Waals surface area contributed by atoms with E-state index >= 15 is 0 Å². The van der Waals surface area contributed by atoms with Gasteiger partial charge in [-0.15, -0.1) is 0 Å². The maximum Gasteiger partial charge on any atom is 0.145 e. The topological polar surface area (TPSA) is 52.0 Å². The van der Waals surface area contributed by atoms with Gasteiger partial charge < -0.3 is 14.6 Å². The Labute approximate surface area is 123 Å². The highest BCUT2D eigenvalue weighted by molar-refractivity contribution is 5.54. The van der Waals surface area contributed by atoms with Gasteiger partial charge in [-0.2, -0.15) is 0 Å². The van der Waals surface area contributed by atoms with E-state index < -0.39 is 0 Å². The van der Waals surface area contributed by atoms with E-state index in [9.17, 15) is 0 Å². The number of nitrogens with zero attached hydrogens (tertiary/aromatic N) is 3. The van der Waals surface area contributed by atoms with Crippen LogP contribution in [0.3, 0.4) is 0 Å². The molecule has 0 aliphatic rings. The van der Waals surface area contributed by atoms with Crippen LogP contribution in [0.2, 0.25) is 0 Å². The van der Waals surface area contributed by atoms with Crippen molar-refractivity contribution in [1.82, 2.24) is 14.5 Å². The van der Waals surface area contributed by atoms with Gasteiger partial charge >= 0.3 is 0 Å². The summed E-state index contributed by atoms with van der Waals surface area (Å²) in [6.45, 7) is 0.715. The number of rotatable bonds is 5. The zero-order valence-electron chi connectivity index (χ0n) is 11.7. The molecule has 1 N–H and O–H groups in total. The van der Waals surface area contributed by atoms with Crippen LogP contribution in [0.4, 0.5) is 5.69 Å². The number of benzene rings is 1. The molecule has 0 saturated carbocycles. The van der Waals surface area contributed by atoms with Gasteiger partial charge in [0.15, 0.2) is 0 Å². The first-order chi connectivity index (χ1) is 10.4. The number of imidazole rings is 1. The first-order valence-electron chi connectivity index (χ1n) is 6.66. The molecular weight excluding hydrogens is 264 g/mol. The van der Waals surface area contributed by atoms with Gasteiger partial charge in [-0.25, -0.2) is 4.98 Å². The van der Waals surface area contributed by atoms with E-state index in [-0.39, 0.29) is 0 Å². The zero-order valence-corrected chi connectivity index (χ0v) is 11.7. The minimum atomic E-state index is 0.715. The second-order valence-corrected chi connectivity index (χ2v) is 4.57. The molecule has 0 spiro atoms. The molecule has 0 atom stereocenters. The lowest BCUT2D eigenvalue weighted by Gasteiger charge is -2.10. The van der Waals surface area contributed by atoms with Crippen LogP contribution < -0.4 is 10.1 Å². The lowest BCUT2D eigenvalue weighted by Crippen LogP contribution is -2.02. The number of hydrogen-bond acceptors (Lipinski definition) is 4. The fourth-order valence-corrected chi connectivity index (χ4v) is 2.09. The van der Waals surface area contributed by atoms with Crippen molar-refractivity contribution in [1.29, 1.82) is 0 Å². The average Bonchev–Trinajstić information content (AvgIpc) is 3.08. The Morgan fingerprint density at radius 2 is 1.95 bits per heavy atom. The molecular formula is C16H16N4O. The summed E-state index contributed by atoms with van der Waals surface area (Å²) in [6, 6.07) is 10.2. The Kier molecular flexibility index (Phi) is 3.82. The van der Waals surface area contributed by atoms with Crippen LogP contribution in [-0.4, -0.2) is 21.6 Å². The van der Waals surface area contributed by atoms with Crippen LogP contribution in [0.1, 0.15) is 5.56 Å². The van der Waals surface area contributed by atoms with Crippen molar-refractivity contribution in [3.05, 3.63) is 67.0 Å². The minimum absolute atomic E-state index is 0.715. The average molecular weight is 280 g/mol. The number of hydrogen-bond donors (Lipinski definition) is 1. The Balaban J connectivity index is 1.68. The quantitative estimate of drug-likeness (QED) is 0.780. The van der Waals surface area contributed by atoms with E-state index in [1.807, 2.05) is 16.8 Å². The molecule has 21 heavy (non-hydrogen) atoms. The van der Waals surface area contributed by atoms with Crippen molar-refractivity contribution in [3.63, 3.8) is 0 Å². The first kappa shape index (κ1) is 13.2. The number of pyridine rings is 1. The standard InChI is InChI=1S/C16H16N4O/c1-21-16-6-7-17-11-15(16)19-10-13-2-4-14(5-3-13)20-9-8-18-12-20/h2-9,11-12,19H,10H2,1H3. The SMILES string of the molecule is COc1ccncc1NCc1ccc(-n2ccnc2)cc1. The van der Waals surface area contributed by atoms with Gasteiger partial charge in [0.2, 0.25) is 0 Å². The van der Waals surface area contributed by atoms with Crippen molar-refractivity contribution >= 4 is 5.69 Å². The maximum absolute atomic E-state index is 5.29. The van der Waals surface area contributed by atoms with Crippen molar-refractivity contribution in [3.8, 4) is 11.4 Å². The fourth-order valence-electron chi connectivity index (χ4n) is 2.09. The molecule has 0 aliphatic heterocycles. The van der Waals surface area contributed by atoms with Crippen LogP contribution >= 0.6 is 0 Å². The summed E-state index contributed by atoms with van der Waals surface area (Å²) in [5, 5.41) is 3.33. The number of aromatic nitrogens is 3. The number of methoxy groups -OCH3 is 1. The summed E-state index contributed by atoms with van der Waals surface area (Å²) in [4.78, 5) is 8.15. The van der Waals surface area contributed by atoms with Crippen LogP contribution in [0.15, 0.2) is 61.4 Å². The van der Waals surface area contributed by atoms with Crippen molar-refractivity contribution in [2.75, 3.05) is 12.4 Å². The first-order valence-corrected chi connectivity index (χ1v) is 6.66. The molecule has 0 bridgehead atoms. The molecule has 3 aromatic rings. The summed E-state index contributed by atoms with van der Waals surface area (Å²) >= 11 is 0. The van der Waals surface area contributed by atoms with E-state index in [0.29, 0.717) is 6.54 Å². The third-order valence-electron chi connectivity index (χ3n) is 3.22. The van der Waals surface area contributed by atoms with E-state index in [1.165, 1.54) is 5.56 Å². The second kappa shape index (κ2) is 6.09. The van der Waals surface area contributed by atoms with E-state index in [2.05, 4.69) is 39.6 Å². The third-order valence-corrected chi connectivity index (χ3v) is 3.22. The second-order valence-electron chi connectivity index (χ2n) is 4.57. The molecule has 5 nitrogen and oxygen atoms in total. The minimum Gasteiger partial charge on any atom is -0.494 e. The van der Waals surface area contributed by atoms with Gasteiger partial charge in [-0.05, 0) is 17.7 Å². The van der Waals surface area contributed by atoms with E-state index in [4.69, 9.17) is 4.74 Å². The Bertz CT molecular complexity index is 693. The lowest BCUT2D eigenvalue weighted by atomic mass is 10.2. The van der Waals surface area contributed by atoms with Crippen LogP contribution in [0.5, 0.6) is 5.75 Å². The summed E-state index contributed by atoms with van der Waals surface area (Å²) in [7, 11) is 1.65. The summed E-state index contributed by atoms with van der Waals surface area (Å²) in [5.41, 5.74) is 3.17. The Hall–Kier alpha value is -2.82. The normalized spacial score (nSPS) is 10.3. The molecule has 3 rings (SSSR count). The molecule has 5 heteroatoms. The van der Waals surface area contributed by atoms with Crippen LogP contribution in [0, 0.1) is 0 Å². The molecule has 0 radical (unpaired) electrons. The predicted molar refractivity (Wildman–Crippen MR) is 81.7 cm³/mol. The highest BCUT2D eigenvalue weighted by Crippen LogP contribution is 2.22. The predicted octanol–water partition coefficient (Wildman–Crippen LogP) is 2.89. The summed E-state index contributed by atoms with van der Waals surface area (Å²) in [5.74, 6) is 0.792. The Morgan fingerprint density at radius 3 is 2.67 bits per heavy atom. The maximum atomic E-state index is 5.29. The molecule has 1 aromatic carbocycles. The molecule has 0 aliphatic carbocycles. The number of anilines is 1. The highest BCUT2D eigenvalue weighted by Gasteiger charge is 2.02. The van der Waals surface area contributed by atoms with Crippen LogP contribution in [-0.2, 0) is 6.54 Å². The number of nitrogens with one attached hydrogen (secondary N) is 1. The van der Waals surface area contributed by atoms with Crippen molar-refractivity contribution in [2.45, 2.75) is 6.54 Å². The van der Waals surface area contributed by atoms with E-state index in [0.717, 1.165) is 17.1 Å². The molecule has 2 heterocycles. The van der Waals surface area contributed by atoms with Crippen molar-refractivity contribution in [2.24, 2.45) is 0 Å². The lowest BCUT2D eigenvalue weighted by molar-refractivity contribution is 0.416. The third kappa shape index (κ3) is 3.02. The van der Waals surface area contributed by atoms with Gasteiger partial charge in [-0.1, -0.05) is 12.1 Å². The van der Waals surface area contributed by atoms with Gasteiger partial charge in [-0.3, -0.25) is 4.98 Å². The van der Waals surface area contributed by atoms with Gasteiger partial charge in [0.05, 0.1) is 25.3 Å². The van der Waals surface area contributed by atoms with Gasteiger partial charge in [0.1, 0.15) is 5.75 Å². The summed E-state index contributed by atoms with van der Waals surface area (Å²) < 4.78 is 7.26. The van der Waals surface area contributed by atoms with Crippen LogP contribution in [0.25, 0.3) is 5.69 Å². The van der Waals surface area contributed by atoms with Gasteiger partial charge in [0.25, 0.3) is 0 Å². The monoisotopic (exact) mass is 280 g/mol. The molecule has 106 valence electrons. The largest absolute Gasteiger partial charge is 0.494 e. The molecule has 0 amide bonds. The smallest absolute Gasteiger partial charge is 0.145 e. The van der Waals surface area contributed by atoms with Crippen molar-refractivity contribution < 1.29 is 4.74 Å². The molecule has 0 unspecified atom stereocenters. The molecule has 0 saturated heterocycles. The zero-order chi connectivity index (χ0) is 14.5. The molecule has 2 aromatic heterocycles. The van der Waals surface area contributed by atoms with Gasteiger partial charge in [0, 0.05) is 36.9 Å². The molecule has 0 fully saturated rings.